The third-order valence-electron chi connectivity index (χ3n) is 3.67. The minimum atomic E-state index is -0.261. The van der Waals surface area contributed by atoms with Gasteiger partial charge >= 0.3 is 0 Å². The number of amides is 1. The number of hydrogen-bond donors (Lipinski definition) is 2. The second-order valence-corrected chi connectivity index (χ2v) is 5.22. The third kappa shape index (κ3) is 3.28. The molecule has 1 aromatic heterocycles. The van der Waals surface area contributed by atoms with Gasteiger partial charge in [0.05, 0.1) is 17.7 Å². The van der Waals surface area contributed by atoms with Crippen LogP contribution < -0.4 is 10.9 Å². The van der Waals surface area contributed by atoms with Crippen LogP contribution in [0.4, 0.5) is 5.69 Å². The van der Waals surface area contributed by atoms with Crippen LogP contribution in [-0.2, 0) is 9.53 Å². The van der Waals surface area contributed by atoms with Crippen molar-refractivity contribution >= 4 is 22.4 Å². The lowest BCUT2D eigenvalue weighted by Gasteiger charge is -2.09. The fourth-order valence-electron chi connectivity index (χ4n) is 2.55. The third-order valence-corrected chi connectivity index (χ3v) is 3.67. The van der Waals surface area contributed by atoms with E-state index in [-0.39, 0.29) is 17.6 Å². The van der Waals surface area contributed by atoms with Crippen LogP contribution in [0.2, 0.25) is 0 Å². The molecule has 1 aromatic carbocycles. The van der Waals surface area contributed by atoms with E-state index in [1.165, 1.54) is 0 Å². The molecule has 1 aliphatic rings. The molecule has 1 unspecified atom stereocenters. The van der Waals surface area contributed by atoms with Crippen LogP contribution in [0, 0.1) is 0 Å². The van der Waals surface area contributed by atoms with E-state index in [0.29, 0.717) is 17.5 Å². The highest BCUT2D eigenvalue weighted by Crippen LogP contribution is 2.18. The van der Waals surface area contributed by atoms with E-state index >= 15 is 0 Å². The average molecular weight is 287 g/mol. The SMILES string of the molecule is O=C(CCC1CCCO1)Nc1ccc2cn[nH]c(=O)c2c1. The molecule has 2 N–H and O–H groups in total. The van der Waals surface area contributed by atoms with Crippen molar-refractivity contribution < 1.29 is 9.53 Å². The van der Waals surface area contributed by atoms with Gasteiger partial charge in [0.1, 0.15) is 0 Å². The number of carbonyl (C=O) groups is 1. The number of nitrogens with one attached hydrogen (secondary N) is 2. The normalized spacial score (nSPS) is 18.0. The Bertz CT molecular complexity index is 705. The Labute approximate surface area is 121 Å². The molecule has 3 rings (SSSR count). The summed E-state index contributed by atoms with van der Waals surface area (Å²) in [7, 11) is 0. The van der Waals surface area contributed by atoms with Crippen LogP contribution in [-0.4, -0.2) is 28.8 Å². The van der Waals surface area contributed by atoms with Crippen molar-refractivity contribution in [2.24, 2.45) is 0 Å². The molecular formula is C15H17N3O3. The Balaban J connectivity index is 1.65. The van der Waals surface area contributed by atoms with Gasteiger partial charge in [-0.25, -0.2) is 5.10 Å². The van der Waals surface area contributed by atoms with Gasteiger partial charge < -0.3 is 10.1 Å². The number of carbonyl (C=O) groups excluding carboxylic acids is 1. The smallest absolute Gasteiger partial charge is 0.272 e. The van der Waals surface area contributed by atoms with Crippen molar-refractivity contribution in [3.63, 3.8) is 0 Å². The number of benzene rings is 1. The molecule has 0 bridgehead atoms. The number of aromatic nitrogens is 2. The van der Waals surface area contributed by atoms with E-state index in [0.717, 1.165) is 31.3 Å². The molecular weight excluding hydrogens is 270 g/mol. The minimum Gasteiger partial charge on any atom is -0.378 e. The van der Waals surface area contributed by atoms with Gasteiger partial charge in [0, 0.05) is 24.1 Å². The summed E-state index contributed by atoms with van der Waals surface area (Å²) in [5.74, 6) is -0.0599. The van der Waals surface area contributed by atoms with E-state index in [9.17, 15) is 9.59 Å². The highest BCUT2D eigenvalue weighted by atomic mass is 16.5. The molecule has 1 amide bonds. The first-order valence-corrected chi connectivity index (χ1v) is 7.11. The zero-order chi connectivity index (χ0) is 14.7. The molecule has 0 spiro atoms. The number of ether oxygens (including phenoxy) is 1. The van der Waals surface area contributed by atoms with Gasteiger partial charge in [0.25, 0.3) is 5.56 Å². The number of H-pyrrole nitrogens is 1. The Morgan fingerprint density at radius 1 is 1.48 bits per heavy atom. The number of hydrogen-bond acceptors (Lipinski definition) is 4. The van der Waals surface area contributed by atoms with Crippen molar-refractivity contribution in [2.45, 2.75) is 31.8 Å². The number of rotatable bonds is 4. The molecule has 2 aromatic rings. The Morgan fingerprint density at radius 3 is 3.19 bits per heavy atom. The minimum absolute atomic E-state index is 0.0599. The topological polar surface area (TPSA) is 84.1 Å². The maximum Gasteiger partial charge on any atom is 0.272 e. The zero-order valence-corrected chi connectivity index (χ0v) is 11.6. The summed E-state index contributed by atoms with van der Waals surface area (Å²) < 4.78 is 5.49. The van der Waals surface area contributed by atoms with E-state index in [1.54, 1.807) is 24.4 Å². The van der Waals surface area contributed by atoms with Gasteiger partial charge in [-0.1, -0.05) is 6.07 Å². The van der Waals surface area contributed by atoms with Crippen molar-refractivity contribution in [1.82, 2.24) is 10.2 Å². The first-order valence-electron chi connectivity index (χ1n) is 7.11. The Kier molecular flexibility index (Phi) is 3.96. The highest BCUT2D eigenvalue weighted by molar-refractivity contribution is 5.93. The fraction of sp³-hybridized carbons (Fsp3) is 0.400. The number of aromatic amines is 1. The van der Waals surface area contributed by atoms with Crippen molar-refractivity contribution in [3.05, 3.63) is 34.7 Å². The number of anilines is 1. The summed E-state index contributed by atoms with van der Waals surface area (Å²) in [6, 6.07) is 5.21. The van der Waals surface area contributed by atoms with Gasteiger partial charge in [-0.3, -0.25) is 9.59 Å². The molecule has 6 heteroatoms. The quantitative estimate of drug-likeness (QED) is 0.898. The molecule has 0 saturated carbocycles. The maximum absolute atomic E-state index is 11.9. The first-order chi connectivity index (χ1) is 10.2. The van der Waals surface area contributed by atoms with E-state index < -0.39 is 0 Å². The molecule has 1 atom stereocenters. The van der Waals surface area contributed by atoms with Crippen LogP contribution in [0.1, 0.15) is 25.7 Å². The largest absolute Gasteiger partial charge is 0.378 e. The standard InChI is InChI=1S/C15H17N3O3/c19-14(6-5-12-2-1-7-21-12)17-11-4-3-10-9-16-18-15(20)13(10)8-11/h3-4,8-9,12H,1-2,5-7H2,(H,17,19)(H,18,20). The van der Waals surface area contributed by atoms with E-state index in [1.807, 2.05) is 0 Å². The molecule has 0 radical (unpaired) electrons. The summed E-state index contributed by atoms with van der Waals surface area (Å²) in [5, 5.41) is 10.2. The summed E-state index contributed by atoms with van der Waals surface area (Å²) in [6.45, 7) is 0.799. The van der Waals surface area contributed by atoms with E-state index in [2.05, 4.69) is 15.5 Å². The van der Waals surface area contributed by atoms with Gasteiger partial charge in [0.2, 0.25) is 5.91 Å². The molecule has 2 heterocycles. The van der Waals surface area contributed by atoms with Crippen molar-refractivity contribution in [3.8, 4) is 0 Å². The monoisotopic (exact) mass is 287 g/mol. The predicted octanol–water partition coefficient (Wildman–Crippen LogP) is 1.82. The molecule has 6 nitrogen and oxygen atoms in total. The van der Waals surface area contributed by atoms with Gasteiger partial charge in [0.15, 0.2) is 0 Å². The lowest BCUT2D eigenvalue weighted by atomic mass is 10.1. The summed E-state index contributed by atoms with van der Waals surface area (Å²) in [6.07, 6.45) is 5.07. The first kappa shape index (κ1) is 13.8. The predicted molar refractivity (Wildman–Crippen MR) is 79.2 cm³/mol. The summed E-state index contributed by atoms with van der Waals surface area (Å²) >= 11 is 0. The Hall–Kier alpha value is -2.21. The van der Waals surface area contributed by atoms with Crippen LogP contribution in [0.25, 0.3) is 10.8 Å². The average Bonchev–Trinajstić information content (AvgIpc) is 2.99. The molecule has 1 aliphatic heterocycles. The second-order valence-electron chi connectivity index (χ2n) is 5.22. The lowest BCUT2D eigenvalue weighted by molar-refractivity contribution is -0.116. The zero-order valence-electron chi connectivity index (χ0n) is 11.6. The highest BCUT2D eigenvalue weighted by Gasteiger charge is 2.16. The van der Waals surface area contributed by atoms with Gasteiger partial charge in [-0.15, -0.1) is 0 Å². The number of fused-ring (bicyclic) bond motifs is 1. The molecule has 110 valence electrons. The van der Waals surface area contributed by atoms with Crippen molar-refractivity contribution in [1.29, 1.82) is 0 Å². The molecule has 21 heavy (non-hydrogen) atoms. The van der Waals surface area contributed by atoms with Gasteiger partial charge in [-0.05, 0) is 31.4 Å². The molecule has 1 fully saturated rings. The van der Waals surface area contributed by atoms with Crippen LogP contribution in [0.15, 0.2) is 29.2 Å². The molecule has 1 saturated heterocycles. The number of nitrogens with zero attached hydrogens (tertiary/aromatic N) is 1. The molecule has 0 aliphatic carbocycles. The van der Waals surface area contributed by atoms with Gasteiger partial charge in [-0.2, -0.15) is 5.10 Å². The van der Waals surface area contributed by atoms with E-state index in [4.69, 9.17) is 4.74 Å². The Morgan fingerprint density at radius 2 is 2.38 bits per heavy atom. The maximum atomic E-state index is 11.9. The van der Waals surface area contributed by atoms with Crippen LogP contribution >= 0.6 is 0 Å². The summed E-state index contributed by atoms with van der Waals surface area (Å²) in [4.78, 5) is 23.6. The summed E-state index contributed by atoms with van der Waals surface area (Å²) in [5.41, 5.74) is 0.361. The van der Waals surface area contributed by atoms with Crippen LogP contribution in [0.3, 0.4) is 0 Å². The van der Waals surface area contributed by atoms with Crippen LogP contribution in [0.5, 0.6) is 0 Å². The van der Waals surface area contributed by atoms with Crippen molar-refractivity contribution in [2.75, 3.05) is 11.9 Å². The second kappa shape index (κ2) is 6.05. The lowest BCUT2D eigenvalue weighted by Crippen LogP contribution is -2.15. The fourth-order valence-corrected chi connectivity index (χ4v) is 2.55.